The third kappa shape index (κ3) is 3.14. The summed E-state index contributed by atoms with van der Waals surface area (Å²) in [6, 6.07) is -0.318. The molecular formula is C15H26N2O3. The molecule has 0 radical (unpaired) electrons. The predicted molar refractivity (Wildman–Crippen MR) is 76.2 cm³/mol. The Kier molecular flexibility index (Phi) is 4.68. The van der Waals surface area contributed by atoms with Crippen LogP contribution in [0.25, 0.3) is 0 Å². The Morgan fingerprint density at radius 3 is 2.70 bits per heavy atom. The molecule has 2 amide bonds. The molecule has 2 fully saturated rings. The molecule has 2 unspecified atom stereocenters. The van der Waals surface area contributed by atoms with Crippen molar-refractivity contribution in [2.75, 3.05) is 13.2 Å². The lowest BCUT2D eigenvalue weighted by Crippen LogP contribution is -2.68. The van der Waals surface area contributed by atoms with Crippen LogP contribution in [0.3, 0.4) is 0 Å². The Balaban J connectivity index is 2.05. The van der Waals surface area contributed by atoms with Gasteiger partial charge in [-0.2, -0.15) is 0 Å². The number of ether oxygens (including phenoxy) is 1. The summed E-state index contributed by atoms with van der Waals surface area (Å²) in [5, 5.41) is 2.84. The molecule has 0 aromatic rings. The highest BCUT2D eigenvalue weighted by Crippen LogP contribution is 2.23. The first-order valence-electron chi connectivity index (χ1n) is 7.70. The Morgan fingerprint density at radius 2 is 2.10 bits per heavy atom. The summed E-state index contributed by atoms with van der Waals surface area (Å²) in [7, 11) is 0. The summed E-state index contributed by atoms with van der Waals surface area (Å²) in [5.74, 6) is -0.00247. The van der Waals surface area contributed by atoms with Crippen LogP contribution in [0.15, 0.2) is 0 Å². The lowest BCUT2D eigenvalue weighted by atomic mass is 9.94. The number of hydrogen-bond donors (Lipinski definition) is 1. The number of carbonyl (C=O) groups is 2. The lowest BCUT2D eigenvalue weighted by Gasteiger charge is -2.43. The number of hydrogen-bond acceptors (Lipinski definition) is 3. The summed E-state index contributed by atoms with van der Waals surface area (Å²) >= 11 is 0. The summed E-state index contributed by atoms with van der Waals surface area (Å²) < 4.78 is 5.61. The van der Waals surface area contributed by atoms with Gasteiger partial charge in [-0.25, -0.2) is 0 Å². The quantitative estimate of drug-likeness (QED) is 0.830. The summed E-state index contributed by atoms with van der Waals surface area (Å²) in [4.78, 5) is 26.5. The third-order valence-electron chi connectivity index (χ3n) is 4.19. The normalized spacial score (nSPS) is 29.6. The number of amides is 2. The van der Waals surface area contributed by atoms with Gasteiger partial charge in [0.25, 0.3) is 0 Å². The van der Waals surface area contributed by atoms with Crippen LogP contribution in [-0.2, 0) is 14.3 Å². The molecule has 5 heteroatoms. The van der Waals surface area contributed by atoms with E-state index in [0.717, 1.165) is 38.7 Å². The fourth-order valence-corrected chi connectivity index (χ4v) is 3.06. The molecule has 2 aliphatic heterocycles. The highest BCUT2D eigenvalue weighted by atomic mass is 16.5. The van der Waals surface area contributed by atoms with Crippen molar-refractivity contribution in [3.63, 3.8) is 0 Å². The maximum atomic E-state index is 12.6. The largest absolute Gasteiger partial charge is 0.378 e. The second-order valence-corrected chi connectivity index (χ2v) is 6.34. The van der Waals surface area contributed by atoms with Gasteiger partial charge in [0, 0.05) is 13.2 Å². The smallest absolute Gasteiger partial charge is 0.248 e. The molecule has 114 valence electrons. The Morgan fingerprint density at radius 1 is 1.35 bits per heavy atom. The molecule has 0 spiro atoms. The fourth-order valence-electron chi connectivity index (χ4n) is 3.06. The van der Waals surface area contributed by atoms with E-state index in [0.29, 0.717) is 6.54 Å². The molecular weight excluding hydrogens is 256 g/mol. The maximum Gasteiger partial charge on any atom is 0.248 e. The zero-order chi connectivity index (χ0) is 14.8. The van der Waals surface area contributed by atoms with E-state index in [9.17, 15) is 9.59 Å². The van der Waals surface area contributed by atoms with Crippen molar-refractivity contribution >= 4 is 11.8 Å². The SMILES string of the molecule is CCCC1C(=O)NC(C)(C)C(=O)N1CCC1CCCO1. The first-order chi connectivity index (χ1) is 9.45. The standard InChI is InChI=1S/C15H26N2O3/c1-4-6-12-13(18)16-15(2,3)14(19)17(12)9-8-11-7-5-10-20-11/h11-12H,4-10H2,1-3H3,(H,16,18). The van der Waals surface area contributed by atoms with Crippen molar-refractivity contribution in [2.24, 2.45) is 0 Å². The molecule has 5 nitrogen and oxygen atoms in total. The zero-order valence-electron chi connectivity index (χ0n) is 12.8. The molecule has 0 aromatic carbocycles. The molecule has 2 saturated heterocycles. The van der Waals surface area contributed by atoms with Gasteiger partial charge in [-0.3, -0.25) is 9.59 Å². The van der Waals surface area contributed by atoms with Crippen LogP contribution in [0.5, 0.6) is 0 Å². The van der Waals surface area contributed by atoms with E-state index in [1.807, 2.05) is 6.92 Å². The van der Waals surface area contributed by atoms with Crippen molar-refractivity contribution < 1.29 is 14.3 Å². The molecule has 0 bridgehead atoms. The highest BCUT2D eigenvalue weighted by molar-refractivity contribution is 5.99. The van der Waals surface area contributed by atoms with Gasteiger partial charge in [0.15, 0.2) is 0 Å². The number of piperazine rings is 1. The van der Waals surface area contributed by atoms with Crippen LogP contribution in [0.2, 0.25) is 0 Å². The van der Waals surface area contributed by atoms with E-state index in [2.05, 4.69) is 5.32 Å². The highest BCUT2D eigenvalue weighted by Gasteiger charge is 2.44. The first-order valence-corrected chi connectivity index (χ1v) is 7.70. The minimum absolute atomic E-state index is 0.0218. The van der Waals surface area contributed by atoms with Gasteiger partial charge in [0.05, 0.1) is 6.10 Å². The van der Waals surface area contributed by atoms with Gasteiger partial charge in [0.2, 0.25) is 11.8 Å². The fraction of sp³-hybridized carbons (Fsp3) is 0.867. The van der Waals surface area contributed by atoms with E-state index in [1.165, 1.54) is 0 Å². The van der Waals surface area contributed by atoms with Crippen molar-refractivity contribution in [1.82, 2.24) is 10.2 Å². The second-order valence-electron chi connectivity index (χ2n) is 6.34. The second kappa shape index (κ2) is 6.12. The first kappa shape index (κ1) is 15.3. The van der Waals surface area contributed by atoms with Crippen LogP contribution in [0, 0.1) is 0 Å². The van der Waals surface area contributed by atoms with Crippen LogP contribution >= 0.6 is 0 Å². The Hall–Kier alpha value is -1.10. The van der Waals surface area contributed by atoms with Crippen molar-refractivity contribution in [2.45, 2.75) is 70.6 Å². The van der Waals surface area contributed by atoms with Gasteiger partial charge in [0.1, 0.15) is 11.6 Å². The summed E-state index contributed by atoms with van der Waals surface area (Å²) in [6.07, 6.45) is 4.86. The molecule has 2 aliphatic rings. The Bertz CT molecular complexity index is 375. The molecule has 20 heavy (non-hydrogen) atoms. The monoisotopic (exact) mass is 282 g/mol. The minimum Gasteiger partial charge on any atom is -0.378 e. The van der Waals surface area contributed by atoms with Crippen molar-refractivity contribution in [3.8, 4) is 0 Å². The number of carbonyl (C=O) groups excluding carboxylic acids is 2. The molecule has 0 aromatic heterocycles. The number of rotatable bonds is 5. The van der Waals surface area contributed by atoms with E-state index >= 15 is 0 Å². The summed E-state index contributed by atoms with van der Waals surface area (Å²) in [6.45, 7) is 7.02. The van der Waals surface area contributed by atoms with E-state index in [4.69, 9.17) is 4.74 Å². The van der Waals surface area contributed by atoms with Crippen LogP contribution in [0.4, 0.5) is 0 Å². The number of nitrogens with one attached hydrogen (secondary N) is 1. The summed E-state index contributed by atoms with van der Waals surface area (Å²) in [5.41, 5.74) is -0.794. The van der Waals surface area contributed by atoms with Gasteiger partial charge in [-0.1, -0.05) is 13.3 Å². The molecule has 2 rings (SSSR count). The van der Waals surface area contributed by atoms with Gasteiger partial charge in [-0.05, 0) is 39.5 Å². The minimum atomic E-state index is -0.794. The zero-order valence-corrected chi connectivity index (χ0v) is 12.8. The van der Waals surface area contributed by atoms with Crippen LogP contribution in [-0.4, -0.2) is 47.6 Å². The van der Waals surface area contributed by atoms with E-state index in [-0.39, 0.29) is 24.0 Å². The molecule has 1 N–H and O–H groups in total. The van der Waals surface area contributed by atoms with E-state index in [1.54, 1.807) is 18.7 Å². The van der Waals surface area contributed by atoms with Gasteiger partial charge in [-0.15, -0.1) is 0 Å². The topological polar surface area (TPSA) is 58.6 Å². The van der Waals surface area contributed by atoms with Gasteiger partial charge < -0.3 is 15.0 Å². The lowest BCUT2D eigenvalue weighted by molar-refractivity contribution is -0.154. The van der Waals surface area contributed by atoms with Crippen molar-refractivity contribution in [3.05, 3.63) is 0 Å². The van der Waals surface area contributed by atoms with E-state index < -0.39 is 5.54 Å². The van der Waals surface area contributed by atoms with Crippen LogP contribution < -0.4 is 5.32 Å². The third-order valence-corrected chi connectivity index (χ3v) is 4.19. The molecule has 0 saturated carbocycles. The molecule has 2 heterocycles. The van der Waals surface area contributed by atoms with Gasteiger partial charge >= 0.3 is 0 Å². The van der Waals surface area contributed by atoms with Crippen LogP contribution in [0.1, 0.15) is 52.9 Å². The average molecular weight is 282 g/mol. The molecule has 0 aliphatic carbocycles. The average Bonchev–Trinajstić information content (AvgIpc) is 2.88. The number of nitrogens with zero attached hydrogens (tertiary/aromatic N) is 1. The molecule has 2 atom stereocenters. The maximum absolute atomic E-state index is 12.6. The predicted octanol–water partition coefficient (Wildman–Crippen LogP) is 1.46. The van der Waals surface area contributed by atoms with Crippen molar-refractivity contribution in [1.29, 1.82) is 0 Å². The Labute approximate surface area is 121 Å².